The first-order chi connectivity index (χ1) is 14.9. The van der Waals surface area contributed by atoms with Gasteiger partial charge in [-0.3, -0.25) is 10.1 Å². The predicted octanol–water partition coefficient (Wildman–Crippen LogP) is 3.94. The van der Waals surface area contributed by atoms with Gasteiger partial charge in [0.05, 0.1) is 22.6 Å². The second-order valence-corrected chi connectivity index (χ2v) is 7.37. The van der Waals surface area contributed by atoms with E-state index in [1.54, 1.807) is 12.4 Å². The molecule has 6 heterocycles. The Bertz CT molecular complexity index is 1400. The van der Waals surface area contributed by atoms with Gasteiger partial charge in [0, 0.05) is 29.9 Å². The standard InChI is InChI=1S/C23H19N7/c1-2-9-25-18(3-1)15-8-12-26-23-16(15)13-20(28-23)22-21-19(29-30-22)5-4-17(27-21)14-6-10-24-11-7-14/h1-6,8-9,12-13,24H,7,10-11H2,(H,26,28)(H,29,30). The fourth-order valence-corrected chi connectivity index (χ4v) is 4.02. The molecule has 7 nitrogen and oxygen atoms in total. The molecule has 0 bridgehead atoms. The molecule has 0 amide bonds. The van der Waals surface area contributed by atoms with Crippen molar-refractivity contribution >= 4 is 27.6 Å². The first kappa shape index (κ1) is 17.1. The third-order valence-electron chi connectivity index (χ3n) is 5.53. The fourth-order valence-electron chi connectivity index (χ4n) is 4.02. The summed E-state index contributed by atoms with van der Waals surface area (Å²) in [7, 11) is 0. The minimum Gasteiger partial charge on any atom is -0.338 e. The van der Waals surface area contributed by atoms with Crippen LogP contribution in [0.3, 0.4) is 0 Å². The summed E-state index contributed by atoms with van der Waals surface area (Å²) in [5.41, 5.74) is 8.51. The van der Waals surface area contributed by atoms with Crippen LogP contribution in [-0.2, 0) is 0 Å². The SMILES string of the molecule is C1=C(c2ccc3[nH]nc(-c4cc5c(-c6ccccn6)ccnc5[nH]4)c3n2)CCNC1. The fraction of sp³-hybridized carbons (Fsp3) is 0.130. The second kappa shape index (κ2) is 6.89. The van der Waals surface area contributed by atoms with E-state index < -0.39 is 0 Å². The minimum atomic E-state index is 0.798. The highest BCUT2D eigenvalue weighted by Gasteiger charge is 2.17. The van der Waals surface area contributed by atoms with E-state index in [4.69, 9.17) is 4.98 Å². The average Bonchev–Trinajstić information content (AvgIpc) is 3.43. The minimum absolute atomic E-state index is 0.798. The lowest BCUT2D eigenvalue weighted by Crippen LogP contribution is -2.20. The Morgan fingerprint density at radius 3 is 2.80 bits per heavy atom. The van der Waals surface area contributed by atoms with E-state index in [1.165, 1.54) is 5.57 Å². The van der Waals surface area contributed by atoms with Crippen molar-refractivity contribution < 1.29 is 0 Å². The van der Waals surface area contributed by atoms with Gasteiger partial charge in [-0.15, -0.1) is 0 Å². The first-order valence-corrected chi connectivity index (χ1v) is 10.0. The van der Waals surface area contributed by atoms with Gasteiger partial charge in [-0.2, -0.15) is 5.10 Å². The Hall–Kier alpha value is -3.84. The summed E-state index contributed by atoms with van der Waals surface area (Å²) in [6.07, 6.45) is 6.80. The normalized spacial score (nSPS) is 14.3. The lowest BCUT2D eigenvalue weighted by molar-refractivity contribution is 0.737. The maximum absolute atomic E-state index is 4.94. The van der Waals surface area contributed by atoms with E-state index in [0.29, 0.717) is 0 Å². The molecular formula is C23H19N7. The molecule has 0 fully saturated rings. The molecule has 0 aromatic carbocycles. The summed E-state index contributed by atoms with van der Waals surface area (Å²) >= 11 is 0. The topological polar surface area (TPSA) is 95.2 Å². The summed E-state index contributed by atoms with van der Waals surface area (Å²) in [4.78, 5) is 17.4. The second-order valence-electron chi connectivity index (χ2n) is 7.37. The molecule has 7 heteroatoms. The number of hydrogen-bond donors (Lipinski definition) is 3. The van der Waals surface area contributed by atoms with Crippen LogP contribution in [0.1, 0.15) is 12.1 Å². The highest BCUT2D eigenvalue weighted by molar-refractivity contribution is 5.98. The summed E-state index contributed by atoms with van der Waals surface area (Å²) in [6, 6.07) is 14.1. The van der Waals surface area contributed by atoms with Gasteiger partial charge in [0.25, 0.3) is 0 Å². The number of pyridine rings is 3. The maximum atomic E-state index is 4.94. The van der Waals surface area contributed by atoms with Crippen molar-refractivity contribution in [2.75, 3.05) is 13.1 Å². The summed E-state index contributed by atoms with van der Waals surface area (Å²) in [5.74, 6) is 0. The molecule has 0 radical (unpaired) electrons. The molecule has 6 rings (SSSR count). The summed E-state index contributed by atoms with van der Waals surface area (Å²) in [5, 5.41) is 12.0. The monoisotopic (exact) mass is 393 g/mol. The largest absolute Gasteiger partial charge is 0.338 e. The van der Waals surface area contributed by atoms with Crippen molar-refractivity contribution in [3.05, 3.63) is 66.6 Å². The van der Waals surface area contributed by atoms with E-state index in [0.717, 1.165) is 69.9 Å². The van der Waals surface area contributed by atoms with Gasteiger partial charge in [-0.25, -0.2) is 9.97 Å². The maximum Gasteiger partial charge on any atom is 0.138 e. The van der Waals surface area contributed by atoms with Crippen molar-refractivity contribution in [2.24, 2.45) is 0 Å². The first-order valence-electron chi connectivity index (χ1n) is 10.0. The molecule has 0 saturated heterocycles. The quantitative estimate of drug-likeness (QED) is 0.432. The molecule has 1 aliphatic heterocycles. The van der Waals surface area contributed by atoms with Crippen molar-refractivity contribution in [3.63, 3.8) is 0 Å². The third-order valence-corrected chi connectivity index (χ3v) is 5.53. The van der Waals surface area contributed by atoms with Gasteiger partial charge in [0.1, 0.15) is 16.9 Å². The molecule has 0 saturated carbocycles. The van der Waals surface area contributed by atoms with Crippen LogP contribution in [0.15, 0.2) is 60.9 Å². The Morgan fingerprint density at radius 1 is 0.933 bits per heavy atom. The van der Waals surface area contributed by atoms with E-state index in [9.17, 15) is 0 Å². The molecule has 0 unspecified atom stereocenters. The number of nitrogens with zero attached hydrogens (tertiary/aromatic N) is 4. The zero-order valence-electron chi connectivity index (χ0n) is 16.2. The Morgan fingerprint density at radius 2 is 1.93 bits per heavy atom. The smallest absolute Gasteiger partial charge is 0.138 e. The lowest BCUT2D eigenvalue weighted by Gasteiger charge is -2.13. The number of aromatic nitrogens is 6. The molecule has 0 atom stereocenters. The van der Waals surface area contributed by atoms with Crippen molar-refractivity contribution in [1.29, 1.82) is 0 Å². The van der Waals surface area contributed by atoms with Crippen LogP contribution in [0.5, 0.6) is 0 Å². The van der Waals surface area contributed by atoms with E-state index in [-0.39, 0.29) is 0 Å². The van der Waals surface area contributed by atoms with E-state index >= 15 is 0 Å². The Balaban J connectivity index is 1.50. The number of aromatic amines is 2. The van der Waals surface area contributed by atoms with Crippen LogP contribution in [0.2, 0.25) is 0 Å². The van der Waals surface area contributed by atoms with Gasteiger partial charge in [-0.1, -0.05) is 12.1 Å². The van der Waals surface area contributed by atoms with Gasteiger partial charge in [0.2, 0.25) is 0 Å². The van der Waals surface area contributed by atoms with E-state index in [2.05, 4.69) is 54.7 Å². The zero-order chi connectivity index (χ0) is 19.9. The Labute approximate surface area is 172 Å². The highest BCUT2D eigenvalue weighted by Crippen LogP contribution is 2.32. The third kappa shape index (κ3) is 2.79. The molecule has 0 aliphatic carbocycles. The number of nitrogens with one attached hydrogen (secondary N) is 3. The molecule has 146 valence electrons. The highest BCUT2D eigenvalue weighted by atomic mass is 15.1. The molecule has 0 spiro atoms. The van der Waals surface area contributed by atoms with Crippen LogP contribution in [0.4, 0.5) is 0 Å². The predicted molar refractivity (Wildman–Crippen MR) is 118 cm³/mol. The molecular weight excluding hydrogens is 374 g/mol. The van der Waals surface area contributed by atoms with Gasteiger partial charge < -0.3 is 10.3 Å². The molecule has 1 aliphatic rings. The number of H-pyrrole nitrogens is 2. The van der Waals surface area contributed by atoms with Crippen molar-refractivity contribution in [1.82, 2.24) is 35.5 Å². The molecule has 3 N–H and O–H groups in total. The van der Waals surface area contributed by atoms with Crippen LogP contribution in [0, 0.1) is 0 Å². The molecule has 5 aromatic rings. The van der Waals surface area contributed by atoms with E-state index in [1.807, 2.05) is 24.3 Å². The number of rotatable bonds is 3. The zero-order valence-corrected chi connectivity index (χ0v) is 16.2. The van der Waals surface area contributed by atoms with Crippen LogP contribution in [0.25, 0.3) is 50.3 Å². The van der Waals surface area contributed by atoms with Crippen LogP contribution >= 0.6 is 0 Å². The van der Waals surface area contributed by atoms with Crippen molar-refractivity contribution in [3.8, 4) is 22.6 Å². The molecule has 5 aromatic heterocycles. The van der Waals surface area contributed by atoms with Crippen LogP contribution in [-0.4, -0.2) is 43.2 Å². The lowest BCUT2D eigenvalue weighted by atomic mass is 10.0. The number of fused-ring (bicyclic) bond motifs is 2. The van der Waals surface area contributed by atoms with Crippen LogP contribution < -0.4 is 5.32 Å². The number of hydrogen-bond acceptors (Lipinski definition) is 5. The summed E-state index contributed by atoms with van der Waals surface area (Å²) < 4.78 is 0. The van der Waals surface area contributed by atoms with Gasteiger partial charge >= 0.3 is 0 Å². The summed E-state index contributed by atoms with van der Waals surface area (Å²) in [6.45, 7) is 1.87. The van der Waals surface area contributed by atoms with Crippen molar-refractivity contribution in [2.45, 2.75) is 6.42 Å². The van der Waals surface area contributed by atoms with Gasteiger partial charge in [-0.05, 0) is 54.9 Å². The average molecular weight is 393 g/mol. The Kier molecular flexibility index (Phi) is 3.92. The van der Waals surface area contributed by atoms with Gasteiger partial charge in [0.15, 0.2) is 0 Å². The molecule has 30 heavy (non-hydrogen) atoms.